The molecule has 1 aromatic carbocycles. The molecule has 0 radical (unpaired) electrons. The van der Waals surface area contributed by atoms with Gasteiger partial charge in [-0.25, -0.2) is 4.79 Å². The number of hydrogen-bond acceptors (Lipinski definition) is 3. The Hall–Kier alpha value is -2.15. The molecule has 0 saturated heterocycles. The molecule has 0 bridgehead atoms. The number of ether oxygens (including phenoxy) is 1. The van der Waals surface area contributed by atoms with Crippen molar-refractivity contribution in [3.05, 3.63) is 29.8 Å². The number of hydrogen-bond donors (Lipinski definition) is 2. The van der Waals surface area contributed by atoms with Gasteiger partial charge < -0.3 is 15.4 Å². The molecule has 0 spiro atoms. The Bertz CT molecular complexity index is 507. The van der Waals surface area contributed by atoms with Crippen molar-refractivity contribution in [3.8, 4) is 11.8 Å². The molecule has 0 saturated carbocycles. The van der Waals surface area contributed by atoms with Crippen LogP contribution in [0.15, 0.2) is 24.3 Å². The van der Waals surface area contributed by atoms with Crippen LogP contribution in [0.5, 0.6) is 0 Å². The van der Waals surface area contributed by atoms with Crippen molar-refractivity contribution >= 4 is 11.8 Å². The molecule has 0 aliphatic carbocycles. The van der Waals surface area contributed by atoms with Crippen LogP contribution < -0.4 is 10.6 Å². The minimum Gasteiger partial charge on any atom is -0.444 e. The molecule has 108 valence electrons. The predicted octanol–water partition coefficient (Wildman–Crippen LogP) is 2.99. The standard InChI is InChI=1S/C16H22N2O2/c1-16(2,3)20-15(19)18-11-6-5-8-13-9-7-10-14(12-13)17-4/h7,9-10,12,17H,6,11H2,1-4H3,(H,18,19). The van der Waals surface area contributed by atoms with Crippen LogP contribution in [0.4, 0.5) is 10.5 Å². The lowest BCUT2D eigenvalue weighted by molar-refractivity contribution is 0.0529. The number of carbonyl (C=O) groups excluding carboxylic acids is 1. The highest BCUT2D eigenvalue weighted by Gasteiger charge is 2.15. The first-order valence-electron chi connectivity index (χ1n) is 6.64. The maximum atomic E-state index is 11.4. The summed E-state index contributed by atoms with van der Waals surface area (Å²) >= 11 is 0. The third kappa shape index (κ3) is 6.69. The lowest BCUT2D eigenvalue weighted by Gasteiger charge is -2.19. The fraction of sp³-hybridized carbons (Fsp3) is 0.438. The second-order valence-corrected chi connectivity index (χ2v) is 5.31. The maximum absolute atomic E-state index is 11.4. The first-order valence-corrected chi connectivity index (χ1v) is 6.64. The lowest BCUT2D eigenvalue weighted by atomic mass is 10.2. The molecule has 0 aromatic heterocycles. The maximum Gasteiger partial charge on any atom is 0.407 e. The van der Waals surface area contributed by atoms with E-state index in [1.165, 1.54) is 0 Å². The highest BCUT2D eigenvalue weighted by atomic mass is 16.6. The molecule has 0 unspecified atom stereocenters. The lowest BCUT2D eigenvalue weighted by Crippen LogP contribution is -2.32. The molecular weight excluding hydrogens is 252 g/mol. The van der Waals surface area contributed by atoms with E-state index in [4.69, 9.17) is 4.74 Å². The van der Waals surface area contributed by atoms with Gasteiger partial charge in [-0.2, -0.15) is 0 Å². The second-order valence-electron chi connectivity index (χ2n) is 5.31. The first-order chi connectivity index (χ1) is 9.40. The number of benzene rings is 1. The molecule has 2 N–H and O–H groups in total. The number of rotatable bonds is 3. The van der Waals surface area contributed by atoms with Crippen LogP contribution in [0, 0.1) is 11.8 Å². The van der Waals surface area contributed by atoms with E-state index in [9.17, 15) is 4.79 Å². The Morgan fingerprint density at radius 1 is 1.35 bits per heavy atom. The summed E-state index contributed by atoms with van der Waals surface area (Å²) in [6.07, 6.45) is 0.180. The van der Waals surface area contributed by atoms with Gasteiger partial charge in [0.25, 0.3) is 0 Å². The van der Waals surface area contributed by atoms with Crippen molar-refractivity contribution in [2.24, 2.45) is 0 Å². The smallest absolute Gasteiger partial charge is 0.407 e. The summed E-state index contributed by atoms with van der Waals surface area (Å²) < 4.78 is 5.13. The minimum absolute atomic E-state index is 0.406. The van der Waals surface area contributed by atoms with E-state index >= 15 is 0 Å². The summed E-state index contributed by atoms with van der Waals surface area (Å²) in [5.74, 6) is 6.08. The fourth-order valence-electron chi connectivity index (χ4n) is 1.46. The normalized spacial score (nSPS) is 10.2. The zero-order chi connectivity index (χ0) is 15.0. The molecule has 0 aliphatic rings. The summed E-state index contributed by atoms with van der Waals surface area (Å²) in [6, 6.07) is 7.87. The SMILES string of the molecule is CNc1cccc(C#CCCNC(=O)OC(C)(C)C)c1. The van der Waals surface area contributed by atoms with E-state index in [-0.39, 0.29) is 0 Å². The number of nitrogens with one attached hydrogen (secondary N) is 2. The Balaban J connectivity index is 2.34. The van der Waals surface area contributed by atoms with Gasteiger partial charge in [-0.05, 0) is 39.0 Å². The van der Waals surface area contributed by atoms with Gasteiger partial charge in [-0.3, -0.25) is 0 Å². The molecule has 1 aromatic rings. The van der Waals surface area contributed by atoms with Crippen molar-refractivity contribution in [1.82, 2.24) is 5.32 Å². The van der Waals surface area contributed by atoms with Crippen molar-refractivity contribution in [1.29, 1.82) is 0 Å². The third-order valence-corrected chi connectivity index (χ3v) is 2.30. The van der Waals surface area contributed by atoms with Crippen molar-refractivity contribution < 1.29 is 9.53 Å². The molecule has 0 aliphatic heterocycles. The van der Waals surface area contributed by atoms with Crippen LogP contribution in [-0.2, 0) is 4.74 Å². The third-order valence-electron chi connectivity index (χ3n) is 2.30. The van der Waals surface area contributed by atoms with Gasteiger partial charge in [0.15, 0.2) is 0 Å². The average molecular weight is 274 g/mol. The summed E-state index contributed by atoms with van der Waals surface area (Å²) in [5.41, 5.74) is 1.52. The predicted molar refractivity (Wildman–Crippen MR) is 81.7 cm³/mol. The van der Waals surface area contributed by atoms with E-state index in [1.807, 2.05) is 52.1 Å². The van der Waals surface area contributed by atoms with Gasteiger partial charge in [0, 0.05) is 31.3 Å². The van der Waals surface area contributed by atoms with E-state index in [1.54, 1.807) is 0 Å². The first kappa shape index (κ1) is 15.9. The van der Waals surface area contributed by atoms with Crippen LogP contribution in [0.25, 0.3) is 0 Å². The molecular formula is C16H22N2O2. The molecule has 1 amide bonds. The van der Waals surface area contributed by atoms with Crippen molar-refractivity contribution in [3.63, 3.8) is 0 Å². The quantitative estimate of drug-likeness (QED) is 0.658. The van der Waals surface area contributed by atoms with Crippen LogP contribution in [0.2, 0.25) is 0 Å². The van der Waals surface area contributed by atoms with E-state index in [2.05, 4.69) is 22.5 Å². The summed E-state index contributed by atoms with van der Waals surface area (Å²) in [6.45, 7) is 5.98. The minimum atomic E-state index is -0.469. The zero-order valence-electron chi connectivity index (χ0n) is 12.5. The Morgan fingerprint density at radius 3 is 2.75 bits per heavy atom. The summed E-state index contributed by atoms with van der Waals surface area (Å²) in [7, 11) is 1.87. The van der Waals surface area contributed by atoms with Gasteiger partial charge in [-0.1, -0.05) is 17.9 Å². The fourth-order valence-corrected chi connectivity index (χ4v) is 1.46. The van der Waals surface area contributed by atoms with Crippen LogP contribution in [-0.4, -0.2) is 25.3 Å². The Morgan fingerprint density at radius 2 is 2.10 bits per heavy atom. The molecule has 20 heavy (non-hydrogen) atoms. The van der Waals surface area contributed by atoms with Crippen LogP contribution in [0.3, 0.4) is 0 Å². The molecule has 0 heterocycles. The topological polar surface area (TPSA) is 50.4 Å². The number of amides is 1. The van der Waals surface area contributed by atoms with Crippen LogP contribution >= 0.6 is 0 Å². The van der Waals surface area contributed by atoms with E-state index < -0.39 is 11.7 Å². The molecule has 0 atom stereocenters. The largest absolute Gasteiger partial charge is 0.444 e. The van der Waals surface area contributed by atoms with E-state index in [0.29, 0.717) is 13.0 Å². The monoisotopic (exact) mass is 274 g/mol. The highest BCUT2D eigenvalue weighted by Crippen LogP contribution is 2.08. The van der Waals surface area contributed by atoms with Gasteiger partial charge in [0.1, 0.15) is 5.60 Å². The molecule has 0 fully saturated rings. The highest BCUT2D eigenvalue weighted by molar-refractivity contribution is 5.67. The zero-order valence-corrected chi connectivity index (χ0v) is 12.5. The van der Waals surface area contributed by atoms with Crippen molar-refractivity contribution in [2.75, 3.05) is 18.9 Å². The van der Waals surface area contributed by atoms with Crippen molar-refractivity contribution in [2.45, 2.75) is 32.8 Å². The number of carbonyl (C=O) groups is 1. The Labute approximate surface area is 120 Å². The van der Waals surface area contributed by atoms with E-state index in [0.717, 1.165) is 11.3 Å². The molecule has 4 heteroatoms. The second kappa shape index (κ2) is 7.44. The van der Waals surface area contributed by atoms with Gasteiger partial charge in [0.05, 0.1) is 0 Å². The number of anilines is 1. The number of alkyl carbamates (subject to hydrolysis) is 1. The Kier molecular flexibility index (Phi) is 5.92. The summed E-state index contributed by atoms with van der Waals surface area (Å²) in [5, 5.41) is 5.74. The van der Waals surface area contributed by atoms with Gasteiger partial charge in [-0.15, -0.1) is 0 Å². The van der Waals surface area contributed by atoms with Crippen LogP contribution in [0.1, 0.15) is 32.8 Å². The molecule has 4 nitrogen and oxygen atoms in total. The summed E-state index contributed by atoms with van der Waals surface area (Å²) in [4.78, 5) is 11.4. The average Bonchev–Trinajstić information content (AvgIpc) is 2.36. The molecule has 1 rings (SSSR count). The van der Waals surface area contributed by atoms with Gasteiger partial charge >= 0.3 is 6.09 Å². The van der Waals surface area contributed by atoms with Gasteiger partial charge in [0.2, 0.25) is 0 Å².